The minimum Gasteiger partial charge on any atom is -0.480 e. The fraction of sp³-hybridized carbons (Fsp3) is 0.273. The number of carbonyl (C=O) groups is 1. The van der Waals surface area contributed by atoms with E-state index in [-0.39, 0.29) is 6.42 Å². The zero-order valence-electron chi connectivity index (χ0n) is 7.90. The van der Waals surface area contributed by atoms with Crippen molar-refractivity contribution in [2.45, 2.75) is 13.3 Å². The van der Waals surface area contributed by atoms with E-state index in [1.165, 1.54) is 0 Å². The molecule has 1 aromatic rings. The van der Waals surface area contributed by atoms with Crippen molar-refractivity contribution in [3.05, 3.63) is 35.4 Å². The first-order valence-corrected chi connectivity index (χ1v) is 4.31. The van der Waals surface area contributed by atoms with Gasteiger partial charge in [0.2, 0.25) is 0 Å². The van der Waals surface area contributed by atoms with Crippen LogP contribution >= 0.6 is 0 Å². The number of nitrogens with zero attached hydrogens (tertiary/aromatic N) is 1. The lowest BCUT2D eigenvalue weighted by Gasteiger charge is -2.03. The quantitative estimate of drug-likeness (QED) is 0.788. The highest BCUT2D eigenvalue weighted by molar-refractivity contribution is 5.73. The lowest BCUT2D eigenvalue weighted by molar-refractivity contribution is -0.139. The summed E-state index contributed by atoms with van der Waals surface area (Å²) in [6.07, 6.45) is 0.270. The molecule has 0 aliphatic rings. The molecular weight excluding hydrogens is 178 g/mol. The van der Waals surface area contributed by atoms with Crippen LogP contribution in [0.15, 0.2) is 24.3 Å². The van der Waals surface area contributed by atoms with Gasteiger partial charge in [-0.05, 0) is 18.9 Å². The van der Waals surface area contributed by atoms with Crippen LogP contribution in [0.25, 0.3) is 0 Å². The highest BCUT2D eigenvalue weighted by Crippen LogP contribution is 2.09. The minimum atomic E-state index is -1.06. The Bertz CT molecular complexity index is 362. The molecule has 1 unspecified atom stereocenters. The average molecular weight is 189 g/mol. The van der Waals surface area contributed by atoms with Gasteiger partial charge in [-0.1, -0.05) is 29.8 Å². The van der Waals surface area contributed by atoms with Crippen molar-refractivity contribution in [3.63, 3.8) is 0 Å². The van der Waals surface area contributed by atoms with Crippen LogP contribution in [0, 0.1) is 24.2 Å². The summed E-state index contributed by atoms with van der Waals surface area (Å²) in [5, 5.41) is 17.2. The maximum atomic E-state index is 10.6. The van der Waals surface area contributed by atoms with Gasteiger partial charge in [-0.3, -0.25) is 4.79 Å². The largest absolute Gasteiger partial charge is 0.480 e. The Labute approximate surface area is 82.6 Å². The Kier molecular flexibility index (Phi) is 3.24. The summed E-state index contributed by atoms with van der Waals surface area (Å²) in [6.45, 7) is 1.96. The van der Waals surface area contributed by atoms with E-state index >= 15 is 0 Å². The van der Waals surface area contributed by atoms with E-state index in [1.807, 2.05) is 31.2 Å². The highest BCUT2D eigenvalue weighted by Gasteiger charge is 2.16. The molecule has 0 aliphatic heterocycles. The predicted octanol–water partition coefficient (Wildman–Crippen LogP) is 1.76. The summed E-state index contributed by atoms with van der Waals surface area (Å²) < 4.78 is 0. The van der Waals surface area contributed by atoms with Gasteiger partial charge in [-0.25, -0.2) is 0 Å². The van der Waals surface area contributed by atoms with E-state index in [9.17, 15) is 4.79 Å². The third-order valence-corrected chi connectivity index (χ3v) is 2.01. The third kappa shape index (κ3) is 2.60. The zero-order chi connectivity index (χ0) is 10.6. The maximum absolute atomic E-state index is 10.6. The van der Waals surface area contributed by atoms with Crippen LogP contribution in [0.4, 0.5) is 0 Å². The van der Waals surface area contributed by atoms with Crippen LogP contribution < -0.4 is 0 Å². The number of nitriles is 1. The van der Waals surface area contributed by atoms with E-state index < -0.39 is 11.9 Å². The Hall–Kier alpha value is -1.82. The van der Waals surface area contributed by atoms with Crippen molar-refractivity contribution in [1.29, 1.82) is 5.26 Å². The van der Waals surface area contributed by atoms with Crippen LogP contribution in [0.5, 0.6) is 0 Å². The number of benzene rings is 1. The molecule has 0 spiro atoms. The molecule has 0 heterocycles. The van der Waals surface area contributed by atoms with Crippen LogP contribution in [0.1, 0.15) is 11.1 Å². The van der Waals surface area contributed by atoms with Crippen molar-refractivity contribution in [2.24, 2.45) is 5.92 Å². The van der Waals surface area contributed by atoms with Gasteiger partial charge >= 0.3 is 5.97 Å². The molecule has 3 heteroatoms. The normalized spacial score (nSPS) is 11.7. The molecule has 3 nitrogen and oxygen atoms in total. The second-order valence-corrected chi connectivity index (χ2v) is 3.21. The molecule has 1 N–H and O–H groups in total. The van der Waals surface area contributed by atoms with Gasteiger partial charge in [0.15, 0.2) is 0 Å². The van der Waals surface area contributed by atoms with Crippen LogP contribution in [0.2, 0.25) is 0 Å². The standard InChI is InChI=1S/C11H11NO2/c1-8-2-4-9(5-3-8)6-10(7-12)11(13)14/h2-5,10H,6H2,1H3,(H,13,14). The monoisotopic (exact) mass is 189 g/mol. The fourth-order valence-corrected chi connectivity index (χ4v) is 1.15. The molecule has 0 bridgehead atoms. The molecule has 0 saturated carbocycles. The number of hydrogen-bond acceptors (Lipinski definition) is 2. The molecule has 0 fully saturated rings. The van der Waals surface area contributed by atoms with E-state index in [4.69, 9.17) is 10.4 Å². The highest BCUT2D eigenvalue weighted by atomic mass is 16.4. The van der Waals surface area contributed by atoms with E-state index in [0.29, 0.717) is 0 Å². The number of aryl methyl sites for hydroxylation is 1. The first-order valence-electron chi connectivity index (χ1n) is 4.31. The van der Waals surface area contributed by atoms with Crippen LogP contribution in [-0.2, 0) is 11.2 Å². The van der Waals surface area contributed by atoms with E-state index in [0.717, 1.165) is 11.1 Å². The number of carboxylic acids is 1. The van der Waals surface area contributed by atoms with Crippen molar-refractivity contribution in [1.82, 2.24) is 0 Å². The topological polar surface area (TPSA) is 61.1 Å². The molecule has 72 valence electrons. The Morgan fingerprint density at radius 2 is 2.07 bits per heavy atom. The minimum absolute atomic E-state index is 0.270. The van der Waals surface area contributed by atoms with Gasteiger partial charge in [0.05, 0.1) is 6.07 Å². The molecular formula is C11H11NO2. The predicted molar refractivity (Wildman–Crippen MR) is 51.6 cm³/mol. The molecule has 1 aromatic carbocycles. The second kappa shape index (κ2) is 4.43. The lowest BCUT2D eigenvalue weighted by atomic mass is 10.0. The Morgan fingerprint density at radius 1 is 1.50 bits per heavy atom. The van der Waals surface area contributed by atoms with Gasteiger partial charge in [0.25, 0.3) is 0 Å². The fourth-order valence-electron chi connectivity index (χ4n) is 1.15. The number of rotatable bonds is 3. The molecule has 14 heavy (non-hydrogen) atoms. The first kappa shape index (κ1) is 10.3. The lowest BCUT2D eigenvalue weighted by Crippen LogP contribution is -2.14. The number of hydrogen-bond donors (Lipinski definition) is 1. The summed E-state index contributed by atoms with van der Waals surface area (Å²) in [7, 11) is 0. The van der Waals surface area contributed by atoms with Crippen molar-refractivity contribution in [3.8, 4) is 6.07 Å². The van der Waals surface area contributed by atoms with Gasteiger partial charge in [0, 0.05) is 0 Å². The van der Waals surface area contributed by atoms with Crippen molar-refractivity contribution < 1.29 is 9.90 Å². The molecule has 0 aliphatic carbocycles. The molecule has 0 amide bonds. The van der Waals surface area contributed by atoms with Crippen molar-refractivity contribution >= 4 is 5.97 Å². The van der Waals surface area contributed by atoms with Crippen LogP contribution in [0.3, 0.4) is 0 Å². The average Bonchev–Trinajstić information content (AvgIpc) is 2.16. The van der Waals surface area contributed by atoms with Crippen LogP contribution in [-0.4, -0.2) is 11.1 Å². The molecule has 0 radical (unpaired) electrons. The SMILES string of the molecule is Cc1ccc(CC(C#N)C(=O)O)cc1. The Balaban J connectivity index is 2.74. The molecule has 0 aromatic heterocycles. The third-order valence-electron chi connectivity index (χ3n) is 2.01. The first-order chi connectivity index (χ1) is 6.63. The van der Waals surface area contributed by atoms with E-state index in [1.54, 1.807) is 6.07 Å². The zero-order valence-corrected chi connectivity index (χ0v) is 7.90. The summed E-state index contributed by atoms with van der Waals surface area (Å²) in [4.78, 5) is 10.6. The second-order valence-electron chi connectivity index (χ2n) is 3.21. The number of carboxylic acid groups (broad SMARTS) is 1. The van der Waals surface area contributed by atoms with Gasteiger partial charge in [-0.2, -0.15) is 5.26 Å². The van der Waals surface area contributed by atoms with Gasteiger partial charge < -0.3 is 5.11 Å². The number of aliphatic carboxylic acids is 1. The Morgan fingerprint density at radius 3 is 2.50 bits per heavy atom. The molecule has 1 rings (SSSR count). The van der Waals surface area contributed by atoms with Gasteiger partial charge in [0.1, 0.15) is 5.92 Å². The summed E-state index contributed by atoms with van der Waals surface area (Å²) in [5.41, 5.74) is 2.00. The summed E-state index contributed by atoms with van der Waals surface area (Å²) in [6, 6.07) is 9.28. The van der Waals surface area contributed by atoms with Crippen molar-refractivity contribution in [2.75, 3.05) is 0 Å². The molecule has 0 saturated heterocycles. The summed E-state index contributed by atoms with van der Waals surface area (Å²) >= 11 is 0. The smallest absolute Gasteiger partial charge is 0.321 e. The van der Waals surface area contributed by atoms with E-state index in [2.05, 4.69) is 0 Å². The molecule has 1 atom stereocenters. The van der Waals surface area contributed by atoms with Gasteiger partial charge in [-0.15, -0.1) is 0 Å². The maximum Gasteiger partial charge on any atom is 0.321 e. The summed E-state index contributed by atoms with van der Waals surface area (Å²) in [5.74, 6) is -2.01.